The number of hydrogen-bond acceptors (Lipinski definition) is 2. The van der Waals surface area contributed by atoms with Crippen LogP contribution in [0, 0.1) is 0 Å². The Kier molecular flexibility index (Phi) is 4.91. The Morgan fingerprint density at radius 2 is 2.17 bits per heavy atom. The van der Waals surface area contributed by atoms with E-state index < -0.39 is 0 Å². The molecular weight excluding hydrogens is 267 g/mol. The van der Waals surface area contributed by atoms with E-state index in [4.69, 9.17) is 23.2 Å². The Morgan fingerprint density at radius 3 is 2.89 bits per heavy atom. The largest absolute Gasteiger partial charge is 0.311 e. The van der Waals surface area contributed by atoms with Crippen LogP contribution in [-0.2, 0) is 6.54 Å². The highest BCUT2D eigenvalue weighted by Gasteiger charge is 2.24. The Balaban J connectivity index is 2.13. The predicted molar refractivity (Wildman–Crippen MR) is 78.4 cm³/mol. The molecule has 0 amide bonds. The average molecular weight is 287 g/mol. The second-order valence-corrected chi connectivity index (χ2v) is 5.80. The van der Waals surface area contributed by atoms with Crippen LogP contribution < -0.4 is 5.32 Å². The van der Waals surface area contributed by atoms with E-state index in [9.17, 15) is 0 Å². The van der Waals surface area contributed by atoms with Gasteiger partial charge in [-0.05, 0) is 25.0 Å². The zero-order valence-electron chi connectivity index (χ0n) is 10.9. The molecule has 4 heteroatoms. The number of nitrogens with one attached hydrogen (secondary N) is 1. The fourth-order valence-corrected chi connectivity index (χ4v) is 2.90. The molecule has 0 radical (unpaired) electrons. The summed E-state index contributed by atoms with van der Waals surface area (Å²) in [7, 11) is 0. The molecule has 100 valence electrons. The third-order valence-electron chi connectivity index (χ3n) is 3.60. The average Bonchev–Trinajstić information content (AvgIpc) is 2.35. The van der Waals surface area contributed by atoms with Gasteiger partial charge in [-0.25, -0.2) is 0 Å². The predicted octanol–water partition coefficient (Wildman–Crippen LogP) is 3.57. The summed E-state index contributed by atoms with van der Waals surface area (Å²) in [5, 5.41) is 4.86. The summed E-state index contributed by atoms with van der Waals surface area (Å²) >= 11 is 12.3. The highest BCUT2D eigenvalue weighted by atomic mass is 35.5. The van der Waals surface area contributed by atoms with E-state index in [1.54, 1.807) is 0 Å². The second-order valence-electron chi connectivity index (χ2n) is 5.01. The maximum Gasteiger partial charge on any atom is 0.0637 e. The summed E-state index contributed by atoms with van der Waals surface area (Å²) in [6.45, 7) is 7.44. The molecule has 1 aromatic rings. The van der Waals surface area contributed by atoms with Crippen LogP contribution in [0.3, 0.4) is 0 Å². The molecule has 0 aliphatic carbocycles. The molecule has 1 aliphatic heterocycles. The molecule has 1 fully saturated rings. The summed E-state index contributed by atoms with van der Waals surface area (Å²) in [4.78, 5) is 2.50. The van der Waals surface area contributed by atoms with E-state index in [0.717, 1.165) is 31.6 Å². The molecule has 1 saturated heterocycles. The van der Waals surface area contributed by atoms with Gasteiger partial charge in [-0.2, -0.15) is 0 Å². The molecular formula is C14H20Cl2N2. The van der Waals surface area contributed by atoms with Crippen LogP contribution in [0.4, 0.5) is 0 Å². The Bertz CT molecular complexity index is 409. The minimum absolute atomic E-state index is 0.533. The summed E-state index contributed by atoms with van der Waals surface area (Å²) < 4.78 is 0. The van der Waals surface area contributed by atoms with Gasteiger partial charge in [0.05, 0.1) is 10.0 Å². The van der Waals surface area contributed by atoms with Crippen LogP contribution in [0.2, 0.25) is 10.0 Å². The first kappa shape index (κ1) is 14.1. The third-order valence-corrected chi connectivity index (χ3v) is 4.46. The molecule has 0 spiro atoms. The normalized spacial score (nSPS) is 25.3. The molecule has 1 aliphatic rings. The molecule has 1 aromatic carbocycles. The Labute approximate surface area is 119 Å². The minimum atomic E-state index is 0.533. The van der Waals surface area contributed by atoms with Crippen molar-refractivity contribution in [1.82, 2.24) is 10.2 Å². The number of halogens is 2. The van der Waals surface area contributed by atoms with Crippen molar-refractivity contribution in [3.8, 4) is 0 Å². The molecule has 1 heterocycles. The lowest BCUT2D eigenvalue weighted by atomic mass is 10.1. The van der Waals surface area contributed by atoms with Crippen molar-refractivity contribution >= 4 is 23.2 Å². The quantitative estimate of drug-likeness (QED) is 0.914. The number of rotatable bonds is 3. The third kappa shape index (κ3) is 3.18. The smallest absolute Gasteiger partial charge is 0.0637 e. The monoisotopic (exact) mass is 286 g/mol. The van der Waals surface area contributed by atoms with Gasteiger partial charge in [0.15, 0.2) is 0 Å². The first-order chi connectivity index (χ1) is 8.61. The molecule has 2 unspecified atom stereocenters. The fourth-order valence-electron chi connectivity index (χ4n) is 2.52. The highest BCUT2D eigenvalue weighted by molar-refractivity contribution is 6.42. The Hall–Kier alpha value is -0.280. The van der Waals surface area contributed by atoms with E-state index in [1.165, 1.54) is 0 Å². The van der Waals surface area contributed by atoms with Crippen molar-refractivity contribution in [3.05, 3.63) is 33.8 Å². The number of piperazine rings is 1. The van der Waals surface area contributed by atoms with Gasteiger partial charge in [0.1, 0.15) is 0 Å². The lowest BCUT2D eigenvalue weighted by Crippen LogP contribution is -2.54. The van der Waals surface area contributed by atoms with Crippen molar-refractivity contribution < 1.29 is 0 Å². The number of benzene rings is 1. The van der Waals surface area contributed by atoms with Crippen LogP contribution >= 0.6 is 23.2 Å². The van der Waals surface area contributed by atoms with E-state index in [1.807, 2.05) is 12.1 Å². The van der Waals surface area contributed by atoms with Crippen molar-refractivity contribution in [2.45, 2.75) is 38.9 Å². The van der Waals surface area contributed by atoms with Gasteiger partial charge < -0.3 is 5.32 Å². The van der Waals surface area contributed by atoms with Gasteiger partial charge in [-0.15, -0.1) is 0 Å². The van der Waals surface area contributed by atoms with Gasteiger partial charge in [-0.3, -0.25) is 4.90 Å². The Morgan fingerprint density at radius 1 is 1.39 bits per heavy atom. The van der Waals surface area contributed by atoms with Crippen molar-refractivity contribution in [1.29, 1.82) is 0 Å². The van der Waals surface area contributed by atoms with Crippen LogP contribution in [0.15, 0.2) is 18.2 Å². The topological polar surface area (TPSA) is 15.3 Å². The summed E-state index contributed by atoms with van der Waals surface area (Å²) in [6, 6.07) is 6.98. The van der Waals surface area contributed by atoms with Crippen LogP contribution in [0.1, 0.15) is 25.8 Å². The van der Waals surface area contributed by atoms with E-state index in [-0.39, 0.29) is 0 Å². The lowest BCUT2D eigenvalue weighted by molar-refractivity contribution is 0.124. The molecule has 18 heavy (non-hydrogen) atoms. The van der Waals surface area contributed by atoms with Crippen molar-refractivity contribution in [2.24, 2.45) is 0 Å². The second kappa shape index (κ2) is 6.25. The standard InChI is InChI=1S/C14H20Cl2N2/c1-3-12-7-17-10(2)8-18(12)9-11-5-4-6-13(15)14(11)16/h4-6,10,12,17H,3,7-9H2,1-2H3. The van der Waals surface area contributed by atoms with Gasteiger partial charge >= 0.3 is 0 Å². The van der Waals surface area contributed by atoms with Crippen molar-refractivity contribution in [3.63, 3.8) is 0 Å². The molecule has 1 N–H and O–H groups in total. The number of nitrogens with zero attached hydrogens (tertiary/aromatic N) is 1. The van der Waals surface area contributed by atoms with Gasteiger partial charge in [0.2, 0.25) is 0 Å². The van der Waals surface area contributed by atoms with E-state index >= 15 is 0 Å². The van der Waals surface area contributed by atoms with Gasteiger partial charge in [-0.1, -0.05) is 42.3 Å². The first-order valence-corrected chi connectivity index (χ1v) is 7.27. The highest BCUT2D eigenvalue weighted by Crippen LogP contribution is 2.27. The molecule has 0 saturated carbocycles. The maximum atomic E-state index is 6.27. The van der Waals surface area contributed by atoms with Crippen molar-refractivity contribution in [2.75, 3.05) is 13.1 Å². The first-order valence-electron chi connectivity index (χ1n) is 6.52. The van der Waals surface area contributed by atoms with Crippen LogP contribution in [-0.4, -0.2) is 30.1 Å². The number of hydrogen-bond donors (Lipinski definition) is 1. The van der Waals surface area contributed by atoms with Crippen LogP contribution in [0.5, 0.6) is 0 Å². The zero-order valence-corrected chi connectivity index (χ0v) is 12.4. The molecule has 2 nitrogen and oxygen atoms in total. The maximum absolute atomic E-state index is 6.27. The zero-order chi connectivity index (χ0) is 13.1. The minimum Gasteiger partial charge on any atom is -0.311 e. The molecule has 0 bridgehead atoms. The summed E-state index contributed by atoms with van der Waals surface area (Å²) in [6.07, 6.45) is 1.15. The fraction of sp³-hybridized carbons (Fsp3) is 0.571. The van der Waals surface area contributed by atoms with Gasteiger partial charge in [0, 0.05) is 31.7 Å². The summed E-state index contributed by atoms with van der Waals surface area (Å²) in [5.41, 5.74) is 1.12. The van der Waals surface area contributed by atoms with E-state index in [0.29, 0.717) is 22.1 Å². The molecule has 2 atom stereocenters. The van der Waals surface area contributed by atoms with Crippen LogP contribution in [0.25, 0.3) is 0 Å². The molecule has 2 rings (SSSR count). The SMILES string of the molecule is CCC1CNC(C)CN1Cc1cccc(Cl)c1Cl. The molecule has 0 aromatic heterocycles. The lowest BCUT2D eigenvalue weighted by Gasteiger charge is -2.39. The van der Waals surface area contributed by atoms with Gasteiger partial charge in [0.25, 0.3) is 0 Å². The van der Waals surface area contributed by atoms with E-state index in [2.05, 4.69) is 30.1 Å². The summed E-state index contributed by atoms with van der Waals surface area (Å²) in [5.74, 6) is 0.